The summed E-state index contributed by atoms with van der Waals surface area (Å²) in [6.07, 6.45) is 3.22. The van der Waals surface area contributed by atoms with Crippen LogP contribution in [0.1, 0.15) is 11.8 Å². The Morgan fingerprint density at radius 1 is 1.07 bits per heavy atom. The Labute approximate surface area is 178 Å². The molecule has 0 aliphatic rings. The second kappa shape index (κ2) is 9.41. The number of amides is 2. The number of thiophene rings is 1. The van der Waals surface area contributed by atoms with Gasteiger partial charge in [-0.3, -0.25) is 9.59 Å². The number of nitrogens with one attached hydrogen (secondary N) is 2. The van der Waals surface area contributed by atoms with Crippen LogP contribution in [-0.4, -0.2) is 18.9 Å². The standard InChI is InChI=1S/C22H19ClN2O3S/c1-14(26)24-19-13-17(6-9-20(19)28-2)25-22(27)11-8-18-7-10-21(29-18)15-4-3-5-16(23)12-15/h3-13H,1-2H3,(H,24,26)(H,25,27)/b11-8+. The third kappa shape index (κ3) is 5.70. The van der Waals surface area contributed by atoms with E-state index in [1.807, 2.05) is 36.4 Å². The van der Waals surface area contributed by atoms with E-state index >= 15 is 0 Å². The predicted molar refractivity (Wildman–Crippen MR) is 120 cm³/mol. The Kier molecular flexibility index (Phi) is 6.69. The number of carbonyl (C=O) groups is 2. The van der Waals surface area contributed by atoms with E-state index < -0.39 is 0 Å². The second-order valence-electron chi connectivity index (χ2n) is 6.13. The first-order chi connectivity index (χ1) is 13.9. The highest BCUT2D eigenvalue weighted by atomic mass is 35.5. The average Bonchev–Trinajstić information content (AvgIpc) is 3.15. The largest absolute Gasteiger partial charge is 0.495 e. The van der Waals surface area contributed by atoms with Crippen LogP contribution in [0.15, 0.2) is 60.7 Å². The number of ether oxygens (including phenoxy) is 1. The topological polar surface area (TPSA) is 67.4 Å². The summed E-state index contributed by atoms with van der Waals surface area (Å²) >= 11 is 7.61. The van der Waals surface area contributed by atoms with Crippen LogP contribution < -0.4 is 15.4 Å². The summed E-state index contributed by atoms with van der Waals surface area (Å²) in [5.41, 5.74) is 2.08. The summed E-state index contributed by atoms with van der Waals surface area (Å²) in [4.78, 5) is 25.6. The summed E-state index contributed by atoms with van der Waals surface area (Å²) < 4.78 is 5.21. The Morgan fingerprint density at radius 2 is 1.90 bits per heavy atom. The van der Waals surface area contributed by atoms with Gasteiger partial charge < -0.3 is 15.4 Å². The van der Waals surface area contributed by atoms with Crippen molar-refractivity contribution in [3.05, 3.63) is 70.6 Å². The molecule has 0 bridgehead atoms. The van der Waals surface area contributed by atoms with E-state index in [1.165, 1.54) is 20.1 Å². The monoisotopic (exact) mass is 426 g/mol. The van der Waals surface area contributed by atoms with Crippen LogP contribution in [-0.2, 0) is 9.59 Å². The first-order valence-corrected chi connectivity index (χ1v) is 9.94. The number of carbonyl (C=O) groups excluding carboxylic acids is 2. The average molecular weight is 427 g/mol. The normalized spacial score (nSPS) is 10.7. The molecule has 0 radical (unpaired) electrons. The minimum Gasteiger partial charge on any atom is -0.495 e. The SMILES string of the molecule is COc1ccc(NC(=O)/C=C/c2ccc(-c3cccc(Cl)c3)s2)cc1NC(C)=O. The molecular formula is C22H19ClN2O3S. The molecule has 1 aromatic heterocycles. The molecule has 0 aliphatic carbocycles. The third-order valence-corrected chi connectivity index (χ3v) is 5.25. The molecule has 5 nitrogen and oxygen atoms in total. The fourth-order valence-electron chi connectivity index (χ4n) is 2.65. The van der Waals surface area contributed by atoms with Gasteiger partial charge in [0.25, 0.3) is 0 Å². The highest BCUT2D eigenvalue weighted by Gasteiger charge is 2.08. The molecule has 3 aromatic rings. The molecule has 148 valence electrons. The lowest BCUT2D eigenvalue weighted by molar-refractivity contribution is -0.114. The van der Waals surface area contributed by atoms with Crippen molar-refractivity contribution in [3.63, 3.8) is 0 Å². The number of rotatable bonds is 6. The van der Waals surface area contributed by atoms with Crippen LogP contribution >= 0.6 is 22.9 Å². The minimum absolute atomic E-state index is 0.222. The molecule has 2 aromatic carbocycles. The van der Waals surface area contributed by atoms with E-state index in [0.717, 1.165) is 15.3 Å². The summed E-state index contributed by atoms with van der Waals surface area (Å²) in [5, 5.41) is 6.14. The van der Waals surface area contributed by atoms with Gasteiger partial charge in [0, 0.05) is 33.5 Å². The number of anilines is 2. The summed E-state index contributed by atoms with van der Waals surface area (Å²) in [7, 11) is 1.51. The van der Waals surface area contributed by atoms with Crippen LogP contribution in [0.2, 0.25) is 5.02 Å². The molecule has 0 spiro atoms. The zero-order valence-electron chi connectivity index (χ0n) is 15.9. The number of benzene rings is 2. The van der Waals surface area contributed by atoms with E-state index in [2.05, 4.69) is 10.6 Å². The van der Waals surface area contributed by atoms with Gasteiger partial charge in [0.15, 0.2) is 0 Å². The molecule has 7 heteroatoms. The van der Waals surface area contributed by atoms with E-state index in [4.69, 9.17) is 16.3 Å². The van der Waals surface area contributed by atoms with Gasteiger partial charge in [-0.15, -0.1) is 11.3 Å². The first kappa shape index (κ1) is 20.6. The van der Waals surface area contributed by atoms with Gasteiger partial charge in [-0.05, 0) is 54.1 Å². The van der Waals surface area contributed by atoms with Crippen molar-refractivity contribution in [3.8, 4) is 16.2 Å². The molecule has 0 fully saturated rings. The molecule has 0 unspecified atom stereocenters. The fourth-order valence-corrected chi connectivity index (χ4v) is 3.75. The van der Waals surface area contributed by atoms with Crippen molar-refractivity contribution in [2.45, 2.75) is 6.92 Å². The van der Waals surface area contributed by atoms with Crippen LogP contribution in [0.25, 0.3) is 16.5 Å². The zero-order chi connectivity index (χ0) is 20.8. The van der Waals surface area contributed by atoms with Crippen molar-refractivity contribution >= 4 is 52.2 Å². The fraction of sp³-hybridized carbons (Fsp3) is 0.0909. The first-order valence-electron chi connectivity index (χ1n) is 8.75. The second-order valence-corrected chi connectivity index (χ2v) is 7.68. The van der Waals surface area contributed by atoms with Gasteiger partial charge in [-0.2, -0.15) is 0 Å². The van der Waals surface area contributed by atoms with E-state index in [1.54, 1.807) is 35.6 Å². The molecule has 29 heavy (non-hydrogen) atoms. The lowest BCUT2D eigenvalue weighted by Gasteiger charge is -2.11. The maximum absolute atomic E-state index is 12.3. The molecule has 2 amide bonds. The smallest absolute Gasteiger partial charge is 0.248 e. The van der Waals surface area contributed by atoms with Crippen molar-refractivity contribution in [1.82, 2.24) is 0 Å². The van der Waals surface area contributed by atoms with Crippen LogP contribution in [0, 0.1) is 0 Å². The molecule has 2 N–H and O–H groups in total. The Balaban J connectivity index is 1.68. The van der Waals surface area contributed by atoms with Crippen LogP contribution in [0.5, 0.6) is 5.75 Å². The Hall–Kier alpha value is -3.09. The van der Waals surface area contributed by atoms with Gasteiger partial charge in [-0.1, -0.05) is 23.7 Å². The third-order valence-electron chi connectivity index (χ3n) is 3.91. The molecular weight excluding hydrogens is 408 g/mol. The molecule has 1 heterocycles. The number of halogens is 1. The van der Waals surface area contributed by atoms with E-state index in [9.17, 15) is 9.59 Å². The van der Waals surface area contributed by atoms with Gasteiger partial charge in [-0.25, -0.2) is 0 Å². The van der Waals surface area contributed by atoms with Crippen LogP contribution in [0.3, 0.4) is 0 Å². The quantitative estimate of drug-likeness (QED) is 0.498. The van der Waals surface area contributed by atoms with Crippen molar-refractivity contribution in [2.24, 2.45) is 0 Å². The van der Waals surface area contributed by atoms with Gasteiger partial charge in [0.2, 0.25) is 11.8 Å². The molecule has 0 saturated heterocycles. The van der Waals surface area contributed by atoms with Crippen molar-refractivity contribution < 1.29 is 14.3 Å². The van der Waals surface area contributed by atoms with E-state index in [-0.39, 0.29) is 11.8 Å². The number of hydrogen-bond acceptors (Lipinski definition) is 4. The molecule has 3 rings (SSSR count). The van der Waals surface area contributed by atoms with Crippen molar-refractivity contribution in [1.29, 1.82) is 0 Å². The van der Waals surface area contributed by atoms with Crippen LogP contribution in [0.4, 0.5) is 11.4 Å². The summed E-state index contributed by atoms with van der Waals surface area (Å²) in [6, 6.07) is 16.6. The maximum atomic E-state index is 12.3. The number of methoxy groups -OCH3 is 1. The molecule has 0 atom stereocenters. The van der Waals surface area contributed by atoms with Crippen molar-refractivity contribution in [2.75, 3.05) is 17.7 Å². The van der Waals surface area contributed by atoms with Gasteiger partial charge >= 0.3 is 0 Å². The lowest BCUT2D eigenvalue weighted by atomic mass is 10.2. The summed E-state index contributed by atoms with van der Waals surface area (Å²) in [6.45, 7) is 1.41. The Morgan fingerprint density at radius 3 is 2.62 bits per heavy atom. The highest BCUT2D eigenvalue weighted by Crippen LogP contribution is 2.31. The van der Waals surface area contributed by atoms with Gasteiger partial charge in [0.05, 0.1) is 12.8 Å². The molecule has 0 aliphatic heterocycles. The van der Waals surface area contributed by atoms with Gasteiger partial charge in [0.1, 0.15) is 5.75 Å². The maximum Gasteiger partial charge on any atom is 0.248 e. The van der Waals surface area contributed by atoms with E-state index in [0.29, 0.717) is 22.1 Å². The lowest BCUT2D eigenvalue weighted by Crippen LogP contribution is -2.10. The molecule has 0 saturated carbocycles. The minimum atomic E-state index is -0.276. The highest BCUT2D eigenvalue weighted by molar-refractivity contribution is 7.16. The Bertz CT molecular complexity index is 1080. The summed E-state index contributed by atoms with van der Waals surface area (Å²) in [5.74, 6) is 0.0161. The number of hydrogen-bond donors (Lipinski definition) is 2. The zero-order valence-corrected chi connectivity index (χ0v) is 17.4. The predicted octanol–water partition coefficient (Wildman–Crippen LogP) is 5.69.